The van der Waals surface area contributed by atoms with E-state index in [4.69, 9.17) is 16.6 Å². The lowest BCUT2D eigenvalue weighted by Gasteiger charge is -2.22. The van der Waals surface area contributed by atoms with Crippen molar-refractivity contribution >= 4 is 39.9 Å². The van der Waals surface area contributed by atoms with E-state index in [1.54, 1.807) is 17.0 Å². The van der Waals surface area contributed by atoms with Gasteiger partial charge in [0, 0.05) is 11.6 Å². The van der Waals surface area contributed by atoms with Crippen LogP contribution in [0, 0.1) is 19.7 Å². The molecule has 0 aliphatic carbocycles. The standard InChI is InChI=1S/C24H20ClFN4OS/c1-12-10-19(23-28-18-9-8-17(25)13(2)20(18)29-23)30(11-12)24(31)21-22(32-14(3)27-21)15-4-6-16(26)7-5-15/h4-9,19H,1,10-11H2,2-3H3,(H,28,29). The van der Waals surface area contributed by atoms with Crippen LogP contribution in [-0.2, 0) is 0 Å². The van der Waals surface area contributed by atoms with Crippen LogP contribution in [0.4, 0.5) is 4.39 Å². The third kappa shape index (κ3) is 3.51. The lowest BCUT2D eigenvalue weighted by Crippen LogP contribution is -2.31. The van der Waals surface area contributed by atoms with Crippen LogP contribution in [0.2, 0.25) is 5.02 Å². The number of halogens is 2. The number of thiazole rings is 1. The van der Waals surface area contributed by atoms with Crippen LogP contribution in [0.3, 0.4) is 0 Å². The summed E-state index contributed by atoms with van der Waals surface area (Å²) in [5.41, 5.74) is 4.67. The second-order valence-electron chi connectivity index (χ2n) is 8.01. The molecule has 2 aromatic carbocycles. The van der Waals surface area contributed by atoms with E-state index in [0.29, 0.717) is 29.5 Å². The van der Waals surface area contributed by atoms with Gasteiger partial charge in [-0.1, -0.05) is 35.9 Å². The van der Waals surface area contributed by atoms with Gasteiger partial charge in [-0.3, -0.25) is 4.79 Å². The van der Waals surface area contributed by atoms with Crippen LogP contribution in [0.25, 0.3) is 21.5 Å². The second kappa shape index (κ2) is 7.83. The summed E-state index contributed by atoms with van der Waals surface area (Å²) in [4.78, 5) is 28.8. The van der Waals surface area contributed by atoms with Gasteiger partial charge in [0.2, 0.25) is 0 Å². The molecule has 0 bridgehead atoms. The molecule has 0 spiro atoms. The Morgan fingerprint density at radius 2 is 1.97 bits per heavy atom. The first kappa shape index (κ1) is 20.8. The minimum atomic E-state index is -0.320. The number of carbonyl (C=O) groups is 1. The molecule has 2 aromatic heterocycles. The van der Waals surface area contributed by atoms with Gasteiger partial charge in [-0.05, 0) is 55.7 Å². The number of hydrogen-bond donors (Lipinski definition) is 1. The first-order valence-electron chi connectivity index (χ1n) is 10.2. The van der Waals surface area contributed by atoms with Crippen molar-refractivity contribution < 1.29 is 9.18 Å². The van der Waals surface area contributed by atoms with Crippen molar-refractivity contribution in [3.63, 3.8) is 0 Å². The molecule has 1 atom stereocenters. The van der Waals surface area contributed by atoms with Gasteiger partial charge in [0.15, 0.2) is 0 Å². The van der Waals surface area contributed by atoms with E-state index in [1.807, 2.05) is 26.0 Å². The second-order valence-corrected chi connectivity index (χ2v) is 9.62. The maximum atomic E-state index is 13.7. The molecule has 1 saturated heterocycles. The first-order valence-corrected chi connectivity index (χ1v) is 11.4. The molecule has 162 valence electrons. The fourth-order valence-corrected chi connectivity index (χ4v) is 5.19. The molecule has 4 aromatic rings. The van der Waals surface area contributed by atoms with Gasteiger partial charge < -0.3 is 9.88 Å². The van der Waals surface area contributed by atoms with Crippen LogP contribution in [0.15, 0.2) is 48.6 Å². The third-order valence-corrected chi connectivity index (χ3v) is 7.16. The Bertz CT molecular complexity index is 1370. The number of nitrogens with zero attached hydrogens (tertiary/aromatic N) is 3. The quantitative estimate of drug-likeness (QED) is 0.363. The van der Waals surface area contributed by atoms with Gasteiger partial charge in [0.25, 0.3) is 5.91 Å². The number of rotatable bonds is 3. The number of H-pyrrole nitrogens is 1. The molecule has 3 heterocycles. The smallest absolute Gasteiger partial charge is 0.274 e. The summed E-state index contributed by atoms with van der Waals surface area (Å²) in [6.45, 7) is 8.34. The van der Waals surface area contributed by atoms with E-state index in [-0.39, 0.29) is 17.8 Å². The van der Waals surface area contributed by atoms with Gasteiger partial charge in [0.05, 0.1) is 27.0 Å². The number of aryl methyl sites for hydroxylation is 2. The van der Waals surface area contributed by atoms with Gasteiger partial charge in [-0.25, -0.2) is 14.4 Å². The van der Waals surface area contributed by atoms with Crippen molar-refractivity contribution in [3.8, 4) is 10.4 Å². The van der Waals surface area contributed by atoms with Crippen molar-refractivity contribution in [3.05, 3.63) is 81.5 Å². The fourth-order valence-electron chi connectivity index (χ4n) is 4.13. The van der Waals surface area contributed by atoms with E-state index < -0.39 is 0 Å². The molecule has 0 saturated carbocycles. The molecule has 0 radical (unpaired) electrons. The highest BCUT2D eigenvalue weighted by atomic mass is 35.5. The van der Waals surface area contributed by atoms with Crippen LogP contribution < -0.4 is 0 Å². The number of aromatic nitrogens is 3. The molecule has 1 fully saturated rings. The molecule has 1 aliphatic rings. The van der Waals surface area contributed by atoms with Crippen molar-refractivity contribution in [2.24, 2.45) is 0 Å². The zero-order valence-electron chi connectivity index (χ0n) is 17.6. The number of nitrogens with one attached hydrogen (secondary N) is 1. The Kier molecular flexibility index (Phi) is 5.10. The summed E-state index contributed by atoms with van der Waals surface area (Å²) in [7, 11) is 0. The number of benzene rings is 2. The largest absolute Gasteiger partial charge is 0.340 e. The Balaban J connectivity index is 1.54. The Labute approximate surface area is 193 Å². The summed E-state index contributed by atoms with van der Waals surface area (Å²) in [6, 6.07) is 9.58. The molecule has 1 amide bonds. The third-order valence-electron chi connectivity index (χ3n) is 5.73. The van der Waals surface area contributed by atoms with Gasteiger partial charge in [-0.2, -0.15) is 0 Å². The van der Waals surface area contributed by atoms with Crippen LogP contribution in [0.1, 0.15) is 39.3 Å². The first-order chi connectivity index (χ1) is 15.3. The molecule has 5 nitrogen and oxygen atoms in total. The Morgan fingerprint density at radius 3 is 2.72 bits per heavy atom. The number of fused-ring (bicyclic) bond motifs is 1. The van der Waals surface area contributed by atoms with E-state index in [2.05, 4.69) is 16.5 Å². The number of aromatic amines is 1. The molecular weight excluding hydrogens is 447 g/mol. The van der Waals surface area contributed by atoms with Crippen molar-refractivity contribution in [1.29, 1.82) is 0 Å². The summed E-state index contributed by atoms with van der Waals surface area (Å²) < 4.78 is 13.4. The Hall–Kier alpha value is -3.03. The highest BCUT2D eigenvalue weighted by molar-refractivity contribution is 7.15. The average Bonchev–Trinajstić information content (AvgIpc) is 3.47. The van der Waals surface area contributed by atoms with E-state index >= 15 is 0 Å². The van der Waals surface area contributed by atoms with E-state index in [1.165, 1.54) is 23.5 Å². The minimum Gasteiger partial charge on any atom is -0.340 e. The van der Waals surface area contributed by atoms with Crippen molar-refractivity contribution in [2.45, 2.75) is 26.3 Å². The lowest BCUT2D eigenvalue weighted by molar-refractivity contribution is 0.0728. The number of carbonyl (C=O) groups excluding carboxylic acids is 1. The monoisotopic (exact) mass is 466 g/mol. The molecule has 5 rings (SSSR count). The number of amides is 1. The summed E-state index contributed by atoms with van der Waals surface area (Å²) in [6.07, 6.45) is 0.618. The SMILES string of the molecule is C=C1CC(c2nc3c(C)c(Cl)ccc3[nH]2)N(C(=O)c2nc(C)sc2-c2ccc(F)cc2)C1. The van der Waals surface area contributed by atoms with Gasteiger partial charge in [0.1, 0.15) is 17.3 Å². The topological polar surface area (TPSA) is 61.9 Å². The highest BCUT2D eigenvalue weighted by Crippen LogP contribution is 2.38. The van der Waals surface area contributed by atoms with E-state index in [0.717, 1.165) is 37.6 Å². The molecule has 32 heavy (non-hydrogen) atoms. The zero-order chi connectivity index (χ0) is 22.6. The van der Waals surface area contributed by atoms with Crippen LogP contribution >= 0.6 is 22.9 Å². The molecule has 1 unspecified atom stereocenters. The minimum absolute atomic E-state index is 0.187. The number of hydrogen-bond acceptors (Lipinski definition) is 4. The molecule has 8 heteroatoms. The highest BCUT2D eigenvalue weighted by Gasteiger charge is 2.37. The summed E-state index contributed by atoms with van der Waals surface area (Å²) >= 11 is 7.69. The maximum absolute atomic E-state index is 13.7. The van der Waals surface area contributed by atoms with Crippen LogP contribution in [0.5, 0.6) is 0 Å². The van der Waals surface area contributed by atoms with Gasteiger partial charge in [-0.15, -0.1) is 11.3 Å². The van der Waals surface area contributed by atoms with Gasteiger partial charge >= 0.3 is 0 Å². The predicted octanol–water partition coefficient (Wildman–Crippen LogP) is 6.24. The summed E-state index contributed by atoms with van der Waals surface area (Å²) in [5.74, 6) is 0.194. The fraction of sp³-hybridized carbons (Fsp3) is 0.208. The summed E-state index contributed by atoms with van der Waals surface area (Å²) in [5, 5.41) is 1.43. The van der Waals surface area contributed by atoms with Crippen molar-refractivity contribution in [1.82, 2.24) is 19.9 Å². The lowest BCUT2D eigenvalue weighted by atomic mass is 10.1. The van der Waals surface area contributed by atoms with Crippen molar-refractivity contribution in [2.75, 3.05) is 6.54 Å². The maximum Gasteiger partial charge on any atom is 0.274 e. The predicted molar refractivity (Wildman–Crippen MR) is 126 cm³/mol. The average molecular weight is 467 g/mol. The molecule has 1 aliphatic heterocycles. The number of imidazole rings is 1. The number of likely N-dealkylation sites (tertiary alicyclic amines) is 1. The Morgan fingerprint density at radius 1 is 1.22 bits per heavy atom. The molecule has 1 N–H and O–H groups in total. The van der Waals surface area contributed by atoms with Crippen LogP contribution in [-0.4, -0.2) is 32.3 Å². The normalized spacial score (nSPS) is 16.3. The van der Waals surface area contributed by atoms with E-state index in [9.17, 15) is 9.18 Å². The molecular formula is C24H20ClFN4OS. The zero-order valence-corrected chi connectivity index (χ0v) is 19.1.